The number of rotatable bonds is 5. The van der Waals surface area contributed by atoms with Crippen molar-refractivity contribution in [2.24, 2.45) is 4.99 Å². The summed E-state index contributed by atoms with van der Waals surface area (Å²) < 4.78 is 0. The van der Waals surface area contributed by atoms with Gasteiger partial charge in [0.2, 0.25) is 0 Å². The molecule has 1 heterocycles. The van der Waals surface area contributed by atoms with Crippen molar-refractivity contribution in [3.05, 3.63) is 71.8 Å². The van der Waals surface area contributed by atoms with Crippen LogP contribution in [0.5, 0.6) is 0 Å². The summed E-state index contributed by atoms with van der Waals surface area (Å²) in [5.41, 5.74) is 2.81. The number of nitrogens with one attached hydrogen (secondary N) is 1. The maximum Gasteiger partial charge on any atom is 0.0972 e. The van der Waals surface area contributed by atoms with Gasteiger partial charge in [0.05, 0.1) is 5.84 Å². The molecule has 2 nitrogen and oxygen atoms in total. The Labute approximate surface area is 133 Å². The molecular formula is C20H24N2. The summed E-state index contributed by atoms with van der Waals surface area (Å²) in [4.78, 5) is 4.77. The Balaban J connectivity index is 1.51. The van der Waals surface area contributed by atoms with Gasteiger partial charge >= 0.3 is 0 Å². The van der Waals surface area contributed by atoms with Crippen LogP contribution in [0.3, 0.4) is 0 Å². The zero-order valence-corrected chi connectivity index (χ0v) is 13.2. The van der Waals surface area contributed by atoms with Crippen molar-refractivity contribution in [1.82, 2.24) is 5.32 Å². The molecule has 2 aromatic rings. The maximum atomic E-state index is 4.77. The van der Waals surface area contributed by atoms with Crippen LogP contribution >= 0.6 is 0 Å². The van der Waals surface area contributed by atoms with Gasteiger partial charge in [-0.15, -0.1) is 0 Å². The Morgan fingerprint density at radius 1 is 1.00 bits per heavy atom. The first kappa shape index (κ1) is 14.8. The minimum atomic E-state index is 0.468. The number of amidine groups is 1. The Hall–Kier alpha value is -2.09. The van der Waals surface area contributed by atoms with E-state index in [2.05, 4.69) is 72.9 Å². The fraction of sp³-hybridized carbons (Fsp3) is 0.350. The van der Waals surface area contributed by atoms with E-state index in [1.165, 1.54) is 17.0 Å². The van der Waals surface area contributed by atoms with E-state index >= 15 is 0 Å². The molecule has 1 fully saturated rings. The SMILES string of the molecule is CC1NC(=NCCCc2ccccc2)CC1c1ccccc1. The van der Waals surface area contributed by atoms with Crippen molar-refractivity contribution in [3.8, 4) is 0 Å². The highest BCUT2D eigenvalue weighted by Crippen LogP contribution is 2.28. The van der Waals surface area contributed by atoms with E-state index in [9.17, 15) is 0 Å². The zero-order valence-electron chi connectivity index (χ0n) is 13.2. The Morgan fingerprint density at radius 3 is 2.41 bits per heavy atom. The van der Waals surface area contributed by atoms with E-state index in [1.54, 1.807) is 0 Å². The molecule has 1 aliphatic heterocycles. The van der Waals surface area contributed by atoms with E-state index < -0.39 is 0 Å². The fourth-order valence-electron chi connectivity index (χ4n) is 3.17. The molecule has 1 saturated heterocycles. The first-order valence-corrected chi connectivity index (χ1v) is 8.21. The second-order valence-corrected chi connectivity index (χ2v) is 6.07. The number of hydrogen-bond acceptors (Lipinski definition) is 1. The lowest BCUT2D eigenvalue weighted by atomic mass is 9.93. The number of benzene rings is 2. The lowest BCUT2D eigenvalue weighted by Gasteiger charge is -2.14. The quantitative estimate of drug-likeness (QED) is 0.821. The summed E-state index contributed by atoms with van der Waals surface area (Å²) in [6, 6.07) is 21.9. The predicted molar refractivity (Wildman–Crippen MR) is 93.5 cm³/mol. The molecule has 0 spiro atoms. The average Bonchev–Trinajstić information content (AvgIpc) is 2.94. The summed E-state index contributed by atoms with van der Waals surface area (Å²) in [6.07, 6.45) is 3.26. The monoisotopic (exact) mass is 292 g/mol. The molecule has 0 saturated carbocycles. The first-order chi connectivity index (χ1) is 10.8. The molecule has 2 atom stereocenters. The average molecular weight is 292 g/mol. The van der Waals surface area contributed by atoms with Crippen LogP contribution in [0.15, 0.2) is 65.7 Å². The van der Waals surface area contributed by atoms with Crippen LogP contribution in [0.4, 0.5) is 0 Å². The van der Waals surface area contributed by atoms with E-state index in [-0.39, 0.29) is 0 Å². The van der Waals surface area contributed by atoms with Gasteiger partial charge in [0, 0.05) is 24.9 Å². The van der Waals surface area contributed by atoms with Gasteiger partial charge in [-0.3, -0.25) is 4.99 Å². The van der Waals surface area contributed by atoms with Gasteiger partial charge in [-0.25, -0.2) is 0 Å². The highest BCUT2D eigenvalue weighted by molar-refractivity contribution is 5.85. The van der Waals surface area contributed by atoms with Crippen molar-refractivity contribution in [2.75, 3.05) is 6.54 Å². The normalized spacial score (nSPS) is 22.7. The molecule has 0 amide bonds. The lowest BCUT2D eigenvalue weighted by molar-refractivity contribution is 0.600. The molecule has 0 bridgehead atoms. The number of hydrogen-bond donors (Lipinski definition) is 1. The van der Waals surface area contributed by atoms with E-state index in [1.807, 2.05) is 0 Å². The second kappa shape index (κ2) is 7.26. The van der Waals surface area contributed by atoms with Gasteiger partial charge in [-0.2, -0.15) is 0 Å². The van der Waals surface area contributed by atoms with Crippen LogP contribution < -0.4 is 5.32 Å². The Bertz CT molecular complexity index is 604. The standard InChI is InChI=1S/C20H24N2/c1-16-19(18-12-6-3-7-13-18)15-20(22-16)21-14-8-11-17-9-4-2-5-10-17/h2-7,9-10,12-13,16,19H,8,11,14-15H2,1H3,(H,21,22). The molecule has 0 aromatic heterocycles. The van der Waals surface area contributed by atoms with Crippen molar-refractivity contribution in [1.29, 1.82) is 0 Å². The minimum Gasteiger partial charge on any atom is -0.371 e. The van der Waals surface area contributed by atoms with Gasteiger partial charge in [0.1, 0.15) is 0 Å². The zero-order chi connectivity index (χ0) is 15.2. The van der Waals surface area contributed by atoms with Crippen LogP contribution in [0, 0.1) is 0 Å². The van der Waals surface area contributed by atoms with Crippen LogP contribution in [-0.2, 0) is 6.42 Å². The molecule has 1 aliphatic rings. The number of nitrogens with zero attached hydrogens (tertiary/aromatic N) is 1. The van der Waals surface area contributed by atoms with Gasteiger partial charge in [0.15, 0.2) is 0 Å². The Kier molecular flexibility index (Phi) is 4.89. The molecule has 0 aliphatic carbocycles. The fourth-order valence-corrected chi connectivity index (χ4v) is 3.17. The molecule has 3 rings (SSSR count). The summed E-state index contributed by atoms with van der Waals surface area (Å²) in [6.45, 7) is 3.16. The highest BCUT2D eigenvalue weighted by Gasteiger charge is 2.28. The topological polar surface area (TPSA) is 24.4 Å². The Morgan fingerprint density at radius 2 is 1.68 bits per heavy atom. The van der Waals surface area contributed by atoms with Gasteiger partial charge < -0.3 is 5.32 Å². The molecular weight excluding hydrogens is 268 g/mol. The lowest BCUT2D eigenvalue weighted by Crippen LogP contribution is -2.25. The van der Waals surface area contributed by atoms with Crippen LogP contribution in [0.25, 0.3) is 0 Å². The molecule has 1 N–H and O–H groups in total. The highest BCUT2D eigenvalue weighted by atomic mass is 15.0. The van der Waals surface area contributed by atoms with E-state index in [0.717, 1.165) is 25.8 Å². The summed E-state index contributed by atoms with van der Waals surface area (Å²) in [5, 5.41) is 3.55. The van der Waals surface area contributed by atoms with Crippen LogP contribution in [0.1, 0.15) is 36.8 Å². The third-order valence-corrected chi connectivity index (χ3v) is 4.41. The maximum absolute atomic E-state index is 4.77. The summed E-state index contributed by atoms with van der Waals surface area (Å²) in [7, 11) is 0. The van der Waals surface area contributed by atoms with Crippen molar-refractivity contribution < 1.29 is 0 Å². The van der Waals surface area contributed by atoms with Crippen molar-refractivity contribution in [3.63, 3.8) is 0 Å². The molecule has 2 unspecified atom stereocenters. The molecule has 0 radical (unpaired) electrons. The second-order valence-electron chi connectivity index (χ2n) is 6.07. The van der Waals surface area contributed by atoms with Crippen LogP contribution in [-0.4, -0.2) is 18.4 Å². The number of aryl methyl sites for hydroxylation is 1. The third-order valence-electron chi connectivity index (χ3n) is 4.41. The van der Waals surface area contributed by atoms with Crippen molar-refractivity contribution in [2.45, 2.75) is 38.1 Å². The van der Waals surface area contributed by atoms with Gasteiger partial charge in [-0.05, 0) is 30.9 Å². The summed E-state index contributed by atoms with van der Waals surface area (Å²) in [5.74, 6) is 1.73. The molecule has 22 heavy (non-hydrogen) atoms. The largest absolute Gasteiger partial charge is 0.371 e. The predicted octanol–water partition coefficient (Wildman–Crippen LogP) is 4.18. The number of aliphatic imine (C=N–C) groups is 1. The van der Waals surface area contributed by atoms with Crippen molar-refractivity contribution >= 4 is 5.84 Å². The molecule has 2 aromatic carbocycles. The first-order valence-electron chi connectivity index (χ1n) is 8.21. The minimum absolute atomic E-state index is 0.468. The van der Waals surface area contributed by atoms with E-state index in [4.69, 9.17) is 4.99 Å². The molecule has 2 heteroatoms. The molecule has 114 valence electrons. The smallest absolute Gasteiger partial charge is 0.0972 e. The summed E-state index contributed by atoms with van der Waals surface area (Å²) >= 11 is 0. The van der Waals surface area contributed by atoms with Crippen LogP contribution in [0.2, 0.25) is 0 Å². The van der Waals surface area contributed by atoms with Gasteiger partial charge in [-0.1, -0.05) is 60.7 Å². The van der Waals surface area contributed by atoms with Gasteiger partial charge in [0.25, 0.3) is 0 Å². The third kappa shape index (κ3) is 3.76. The van der Waals surface area contributed by atoms with E-state index in [0.29, 0.717) is 12.0 Å².